The normalized spacial score (nSPS) is 23.0. The van der Waals surface area contributed by atoms with E-state index in [1.165, 1.54) is 12.1 Å². The number of alkyl halides is 3. The number of anilines is 2. The zero-order chi connectivity index (χ0) is 40.4. The molecule has 1 unspecified atom stereocenters. The van der Waals surface area contributed by atoms with Gasteiger partial charge in [0, 0.05) is 83.2 Å². The summed E-state index contributed by atoms with van der Waals surface area (Å²) in [5.41, 5.74) is 2.64. The molecule has 3 saturated heterocycles. The van der Waals surface area contributed by atoms with Crippen molar-refractivity contribution in [1.82, 2.24) is 29.7 Å². The van der Waals surface area contributed by atoms with Gasteiger partial charge in [-0.05, 0) is 110 Å². The topological polar surface area (TPSA) is 136 Å². The number of halogens is 3. The predicted octanol–water partition coefficient (Wildman–Crippen LogP) is 5.98. The van der Waals surface area contributed by atoms with E-state index in [0.29, 0.717) is 24.7 Å². The Labute approximate surface area is 335 Å². The Morgan fingerprint density at radius 2 is 1.62 bits per heavy atom. The number of aliphatic hydroxyl groups is 1. The summed E-state index contributed by atoms with van der Waals surface area (Å²) in [4.78, 5) is 54.2. The minimum Gasteiger partial charge on any atom is -0.396 e. The van der Waals surface area contributed by atoms with E-state index in [1.807, 2.05) is 22.8 Å². The number of nitrogens with one attached hydrogen (secondary N) is 2. The van der Waals surface area contributed by atoms with Gasteiger partial charge in [-0.1, -0.05) is 12.1 Å². The number of imidazole rings is 1. The zero-order valence-corrected chi connectivity index (χ0v) is 32.6. The molecule has 308 valence electrons. The number of nitrogens with zero attached hydrogens (tertiary/aromatic N) is 6. The second-order valence-corrected chi connectivity index (χ2v) is 16.5. The van der Waals surface area contributed by atoms with E-state index in [0.717, 1.165) is 131 Å². The van der Waals surface area contributed by atoms with Gasteiger partial charge >= 0.3 is 6.18 Å². The molecule has 1 aliphatic carbocycles. The molecule has 15 heteroatoms. The van der Waals surface area contributed by atoms with Crippen molar-refractivity contribution in [2.24, 2.45) is 11.8 Å². The van der Waals surface area contributed by atoms with Crippen LogP contribution in [-0.2, 0) is 22.3 Å². The lowest BCUT2D eigenvalue weighted by molar-refractivity contribution is -0.138. The van der Waals surface area contributed by atoms with Crippen molar-refractivity contribution in [3.8, 4) is 0 Å². The summed E-state index contributed by atoms with van der Waals surface area (Å²) in [6.45, 7) is 7.62. The first-order valence-electron chi connectivity index (χ1n) is 20.6. The number of imide groups is 1. The summed E-state index contributed by atoms with van der Waals surface area (Å²) in [6, 6.07) is 14.5. The Morgan fingerprint density at radius 1 is 0.862 bits per heavy atom. The molecule has 58 heavy (non-hydrogen) atoms. The fourth-order valence-electron chi connectivity index (χ4n) is 9.23. The molecule has 3 amide bonds. The SMILES string of the molecule is O=C1CCC(c2ccnc(N3CCC(CN4CCN(Cc5ccc6c(c5)nc(NC(=O)c5cccc(C(F)(F)F)c5)n6[C@H]5CC[C@@H](CO)CC5)CC4)CC3)c2)C(=O)N1. The van der Waals surface area contributed by atoms with Crippen molar-refractivity contribution in [1.29, 1.82) is 0 Å². The van der Waals surface area contributed by atoms with Crippen LogP contribution in [0.4, 0.5) is 24.9 Å². The molecule has 1 atom stereocenters. The van der Waals surface area contributed by atoms with Crippen molar-refractivity contribution in [3.05, 3.63) is 83.0 Å². The number of benzene rings is 2. The number of piperidine rings is 2. The lowest BCUT2D eigenvalue weighted by Gasteiger charge is -2.39. The molecule has 8 rings (SSSR count). The van der Waals surface area contributed by atoms with Gasteiger partial charge in [0.05, 0.1) is 22.5 Å². The van der Waals surface area contributed by atoms with Crippen molar-refractivity contribution in [2.75, 3.05) is 62.6 Å². The molecule has 3 aliphatic heterocycles. The summed E-state index contributed by atoms with van der Waals surface area (Å²) in [5.74, 6) is 0.630. The van der Waals surface area contributed by atoms with Crippen molar-refractivity contribution in [3.63, 3.8) is 0 Å². The summed E-state index contributed by atoms with van der Waals surface area (Å²) >= 11 is 0. The molecule has 0 radical (unpaired) electrons. The lowest BCUT2D eigenvalue weighted by atomic mass is 9.86. The minimum absolute atomic E-state index is 0.0311. The van der Waals surface area contributed by atoms with Crippen LogP contribution in [0.15, 0.2) is 60.8 Å². The quantitative estimate of drug-likeness (QED) is 0.166. The third-order valence-corrected chi connectivity index (χ3v) is 12.6. The van der Waals surface area contributed by atoms with Crippen LogP contribution in [0, 0.1) is 11.8 Å². The van der Waals surface area contributed by atoms with Gasteiger partial charge in [0.15, 0.2) is 0 Å². The number of hydrogen-bond donors (Lipinski definition) is 3. The molecule has 12 nitrogen and oxygen atoms in total. The van der Waals surface area contributed by atoms with E-state index in [4.69, 9.17) is 4.98 Å². The van der Waals surface area contributed by atoms with E-state index < -0.39 is 17.6 Å². The fourth-order valence-corrected chi connectivity index (χ4v) is 9.23. The van der Waals surface area contributed by atoms with Crippen molar-refractivity contribution < 1.29 is 32.7 Å². The second kappa shape index (κ2) is 17.2. The van der Waals surface area contributed by atoms with Crippen LogP contribution in [0.1, 0.15) is 90.4 Å². The second-order valence-electron chi connectivity index (χ2n) is 16.5. The number of aromatic nitrogens is 3. The Bertz CT molecular complexity index is 2120. The number of hydrogen-bond acceptors (Lipinski definition) is 9. The van der Waals surface area contributed by atoms with Gasteiger partial charge in [0.1, 0.15) is 5.82 Å². The van der Waals surface area contributed by atoms with Crippen LogP contribution >= 0.6 is 0 Å². The van der Waals surface area contributed by atoms with E-state index in [9.17, 15) is 32.7 Å². The molecule has 3 N–H and O–H groups in total. The number of carbonyl (C=O) groups excluding carboxylic acids is 3. The van der Waals surface area contributed by atoms with Gasteiger partial charge < -0.3 is 19.5 Å². The van der Waals surface area contributed by atoms with E-state index in [1.54, 1.807) is 6.20 Å². The number of piperazine rings is 1. The Kier molecular flexibility index (Phi) is 11.8. The Hall–Kier alpha value is -4.86. The standard InChI is InChI=1S/C43H51F3N8O4/c44-43(45,46)33-3-1-2-32(23-33)40(57)50-42-48-36-22-30(6-10-37(36)54(42)34-7-4-29(27-55)5-8-34)26-52-20-18-51(19-21-52)25-28-13-16-53(17-14-28)38-24-31(12-15-47-38)35-9-11-39(56)49-41(35)58/h1-3,6,10,12,15,22-24,28-29,34-35,55H,4-5,7-9,11,13-14,16-21,25-27H2,(H,48,50,57)(H,49,56,58)/t29-,34+,35?. The molecule has 0 bridgehead atoms. The predicted molar refractivity (Wildman–Crippen MR) is 213 cm³/mol. The number of fused-ring (bicyclic) bond motifs is 1. The third kappa shape index (κ3) is 9.06. The summed E-state index contributed by atoms with van der Waals surface area (Å²) < 4.78 is 42.3. The molecule has 5 heterocycles. The number of carbonyl (C=O) groups is 3. The highest BCUT2D eigenvalue weighted by molar-refractivity contribution is 6.04. The zero-order valence-electron chi connectivity index (χ0n) is 32.6. The molecule has 4 fully saturated rings. The summed E-state index contributed by atoms with van der Waals surface area (Å²) in [5, 5.41) is 15.0. The van der Waals surface area contributed by atoms with Crippen LogP contribution in [0.25, 0.3) is 11.0 Å². The Morgan fingerprint density at radius 3 is 2.34 bits per heavy atom. The first-order valence-corrected chi connectivity index (χ1v) is 20.6. The number of rotatable bonds is 10. The number of aliphatic hydroxyl groups excluding tert-OH is 1. The highest BCUT2D eigenvalue weighted by Gasteiger charge is 2.33. The smallest absolute Gasteiger partial charge is 0.396 e. The summed E-state index contributed by atoms with van der Waals surface area (Å²) in [7, 11) is 0. The van der Waals surface area contributed by atoms with Gasteiger partial charge in [-0.15, -0.1) is 0 Å². The molecule has 4 aromatic rings. The van der Waals surface area contributed by atoms with E-state index in [-0.39, 0.29) is 41.9 Å². The minimum atomic E-state index is -4.56. The van der Waals surface area contributed by atoms with Crippen LogP contribution in [0.5, 0.6) is 0 Å². The van der Waals surface area contributed by atoms with Crippen molar-refractivity contribution in [2.45, 2.75) is 76.0 Å². The largest absolute Gasteiger partial charge is 0.416 e. The third-order valence-electron chi connectivity index (χ3n) is 12.6. The average Bonchev–Trinajstić information content (AvgIpc) is 3.58. The van der Waals surface area contributed by atoms with Gasteiger partial charge in [-0.2, -0.15) is 13.2 Å². The van der Waals surface area contributed by atoms with Gasteiger partial charge in [0.2, 0.25) is 17.8 Å². The molecular weight excluding hydrogens is 750 g/mol. The van der Waals surface area contributed by atoms with Crippen LogP contribution in [0.2, 0.25) is 0 Å². The van der Waals surface area contributed by atoms with Crippen LogP contribution < -0.4 is 15.5 Å². The van der Waals surface area contributed by atoms with Crippen LogP contribution in [-0.4, -0.2) is 99.6 Å². The molecule has 0 spiro atoms. The monoisotopic (exact) mass is 800 g/mol. The maximum atomic E-state index is 13.4. The Balaban J connectivity index is 0.867. The van der Waals surface area contributed by atoms with Crippen LogP contribution in [0.3, 0.4) is 0 Å². The molecule has 1 saturated carbocycles. The first-order chi connectivity index (χ1) is 28.0. The highest BCUT2D eigenvalue weighted by atomic mass is 19.4. The fraction of sp³-hybridized carbons (Fsp3) is 0.512. The lowest BCUT2D eigenvalue weighted by Crippen LogP contribution is -2.48. The first kappa shape index (κ1) is 39.9. The molecule has 2 aromatic heterocycles. The van der Waals surface area contributed by atoms with Gasteiger partial charge in [-0.25, -0.2) is 9.97 Å². The maximum Gasteiger partial charge on any atom is 0.416 e. The van der Waals surface area contributed by atoms with E-state index in [2.05, 4.69) is 42.5 Å². The summed E-state index contributed by atoms with van der Waals surface area (Å²) in [6.07, 6.45) is 3.50. The van der Waals surface area contributed by atoms with Gasteiger partial charge in [-0.3, -0.25) is 29.9 Å². The van der Waals surface area contributed by atoms with E-state index >= 15 is 0 Å². The number of amides is 3. The molecule has 2 aromatic carbocycles. The van der Waals surface area contributed by atoms with Crippen molar-refractivity contribution >= 4 is 40.5 Å². The number of pyridine rings is 1. The maximum absolute atomic E-state index is 13.4. The molecule has 4 aliphatic rings. The molecular formula is C43H51F3N8O4. The van der Waals surface area contributed by atoms with Gasteiger partial charge in [0.25, 0.3) is 5.91 Å². The highest BCUT2D eigenvalue weighted by Crippen LogP contribution is 2.37. The average molecular weight is 801 g/mol.